The number of nitrogens with one attached hydrogen (secondary N) is 2. The molecule has 2 aromatic carbocycles. The molecule has 0 saturated carbocycles. The van der Waals surface area contributed by atoms with Crippen LogP contribution in [0.1, 0.15) is 48.5 Å². The highest BCUT2D eigenvalue weighted by Crippen LogP contribution is 2.27. The molecule has 1 heterocycles. The predicted molar refractivity (Wildman–Crippen MR) is 115 cm³/mol. The van der Waals surface area contributed by atoms with Gasteiger partial charge in [-0.2, -0.15) is 0 Å². The van der Waals surface area contributed by atoms with Crippen molar-refractivity contribution in [2.75, 3.05) is 11.9 Å². The number of carbonyl (C=O) groups excluding carboxylic acids is 2. The molecule has 5 nitrogen and oxygen atoms in total. The number of rotatable bonds is 9. The highest BCUT2D eigenvalue weighted by atomic mass is 32.1. The molecule has 0 bridgehead atoms. The zero-order valence-electron chi connectivity index (χ0n) is 16.0. The molecule has 2 N–H and O–H groups in total. The minimum atomic E-state index is -0.0552. The van der Waals surface area contributed by atoms with Gasteiger partial charge in [-0.1, -0.05) is 48.9 Å². The van der Waals surface area contributed by atoms with Gasteiger partial charge in [0.1, 0.15) is 0 Å². The third-order valence-corrected chi connectivity index (χ3v) is 5.44. The fourth-order valence-corrected chi connectivity index (χ4v) is 3.85. The van der Waals surface area contributed by atoms with Crippen molar-refractivity contribution in [3.8, 4) is 0 Å². The van der Waals surface area contributed by atoms with E-state index in [0.29, 0.717) is 23.7 Å². The van der Waals surface area contributed by atoms with E-state index in [1.54, 1.807) is 12.1 Å². The Morgan fingerprint density at radius 3 is 2.64 bits per heavy atom. The van der Waals surface area contributed by atoms with Crippen LogP contribution in [0, 0.1) is 0 Å². The van der Waals surface area contributed by atoms with Crippen LogP contribution in [0.4, 0.5) is 5.13 Å². The first-order valence-corrected chi connectivity index (χ1v) is 10.5. The summed E-state index contributed by atoms with van der Waals surface area (Å²) in [5.74, 6) is -0.0662. The second-order valence-electron chi connectivity index (χ2n) is 6.66. The molecule has 0 radical (unpaired) electrons. The maximum absolute atomic E-state index is 12.1. The molecule has 2 amide bonds. The lowest BCUT2D eigenvalue weighted by molar-refractivity contribution is -0.116. The fourth-order valence-electron chi connectivity index (χ4n) is 2.91. The Kier molecular flexibility index (Phi) is 7.14. The largest absolute Gasteiger partial charge is 0.352 e. The van der Waals surface area contributed by atoms with E-state index >= 15 is 0 Å². The Hall–Kier alpha value is -2.73. The van der Waals surface area contributed by atoms with Crippen molar-refractivity contribution < 1.29 is 9.59 Å². The second kappa shape index (κ2) is 9.99. The van der Waals surface area contributed by atoms with Crippen LogP contribution >= 0.6 is 11.3 Å². The highest BCUT2D eigenvalue weighted by Gasteiger charge is 2.08. The number of hydrogen-bond acceptors (Lipinski definition) is 4. The molecule has 0 atom stereocenters. The molecule has 6 heteroatoms. The standard InChI is InChI=1S/C22H25N3O2S/c1-2-16-12-13-18-19(15-16)28-22(24-18)25-20(26)11-7-4-8-14-23-21(27)17-9-5-3-6-10-17/h3,5-6,9-10,12-13,15H,2,4,7-8,11,14H2,1H3,(H,23,27)(H,24,25,26). The van der Waals surface area contributed by atoms with Gasteiger partial charge in [0, 0.05) is 18.5 Å². The molecule has 0 unspecified atom stereocenters. The number of aryl methyl sites for hydroxylation is 1. The SMILES string of the molecule is CCc1ccc2nc(NC(=O)CCCCCNC(=O)c3ccccc3)sc2c1. The van der Waals surface area contributed by atoms with Crippen LogP contribution < -0.4 is 10.6 Å². The fraction of sp³-hybridized carbons (Fsp3) is 0.318. The highest BCUT2D eigenvalue weighted by molar-refractivity contribution is 7.22. The van der Waals surface area contributed by atoms with Crippen molar-refractivity contribution in [3.63, 3.8) is 0 Å². The average Bonchev–Trinajstić information content (AvgIpc) is 3.12. The van der Waals surface area contributed by atoms with Gasteiger partial charge in [0.05, 0.1) is 10.2 Å². The monoisotopic (exact) mass is 395 g/mol. The van der Waals surface area contributed by atoms with Gasteiger partial charge in [-0.3, -0.25) is 9.59 Å². The third kappa shape index (κ3) is 5.63. The predicted octanol–water partition coefficient (Wildman–Crippen LogP) is 4.79. The number of hydrogen-bond donors (Lipinski definition) is 2. The van der Waals surface area contributed by atoms with Gasteiger partial charge in [-0.05, 0) is 49.1 Å². The molecule has 3 aromatic rings. The number of anilines is 1. The van der Waals surface area contributed by atoms with E-state index in [0.717, 1.165) is 35.9 Å². The Labute approximate surface area is 169 Å². The summed E-state index contributed by atoms with van der Waals surface area (Å²) in [5, 5.41) is 6.46. The van der Waals surface area contributed by atoms with Crippen LogP contribution in [-0.2, 0) is 11.2 Å². The quantitative estimate of drug-likeness (QED) is 0.512. The van der Waals surface area contributed by atoms with Gasteiger partial charge in [0.25, 0.3) is 5.91 Å². The average molecular weight is 396 g/mol. The first-order chi connectivity index (χ1) is 13.7. The molecule has 146 valence electrons. The van der Waals surface area contributed by atoms with Crippen molar-refractivity contribution in [1.82, 2.24) is 10.3 Å². The second-order valence-corrected chi connectivity index (χ2v) is 7.69. The van der Waals surface area contributed by atoms with Crippen LogP contribution in [0.2, 0.25) is 0 Å². The van der Waals surface area contributed by atoms with Gasteiger partial charge in [-0.15, -0.1) is 0 Å². The number of unbranched alkanes of at least 4 members (excludes halogenated alkanes) is 2. The number of amides is 2. The first-order valence-electron chi connectivity index (χ1n) is 9.68. The van der Waals surface area contributed by atoms with Gasteiger partial charge in [-0.25, -0.2) is 4.98 Å². The van der Waals surface area contributed by atoms with Gasteiger partial charge in [0.15, 0.2) is 5.13 Å². The molecule has 0 fully saturated rings. The van der Waals surface area contributed by atoms with E-state index in [4.69, 9.17) is 0 Å². The summed E-state index contributed by atoms with van der Waals surface area (Å²) in [7, 11) is 0. The Balaban J connectivity index is 1.34. The number of thiazole rings is 1. The molecule has 3 rings (SSSR count). The molecule has 0 spiro atoms. The Morgan fingerprint density at radius 1 is 1.04 bits per heavy atom. The number of benzene rings is 2. The minimum absolute atomic E-state index is 0.0110. The molecule has 0 aliphatic heterocycles. The maximum Gasteiger partial charge on any atom is 0.251 e. The van der Waals surface area contributed by atoms with E-state index in [1.807, 2.05) is 24.3 Å². The molecule has 1 aromatic heterocycles. The van der Waals surface area contributed by atoms with Gasteiger partial charge < -0.3 is 10.6 Å². The van der Waals surface area contributed by atoms with Crippen molar-refractivity contribution in [1.29, 1.82) is 0 Å². The lowest BCUT2D eigenvalue weighted by Crippen LogP contribution is -2.24. The number of carbonyl (C=O) groups is 2. The summed E-state index contributed by atoms with van der Waals surface area (Å²) in [6.45, 7) is 2.74. The molecule has 0 saturated heterocycles. The topological polar surface area (TPSA) is 71.1 Å². The van der Waals surface area contributed by atoms with Crippen LogP contribution in [0.15, 0.2) is 48.5 Å². The van der Waals surface area contributed by atoms with Crippen LogP contribution in [0.3, 0.4) is 0 Å². The van der Waals surface area contributed by atoms with E-state index in [1.165, 1.54) is 16.9 Å². The summed E-state index contributed by atoms with van der Waals surface area (Å²) in [6.07, 6.45) is 3.98. The van der Waals surface area contributed by atoms with Gasteiger partial charge in [0.2, 0.25) is 5.91 Å². The summed E-state index contributed by atoms with van der Waals surface area (Å²) in [6, 6.07) is 15.4. The zero-order valence-corrected chi connectivity index (χ0v) is 16.8. The normalized spacial score (nSPS) is 10.8. The van der Waals surface area contributed by atoms with Crippen molar-refractivity contribution in [2.45, 2.75) is 39.0 Å². The third-order valence-electron chi connectivity index (χ3n) is 4.51. The van der Waals surface area contributed by atoms with E-state index in [9.17, 15) is 9.59 Å². The van der Waals surface area contributed by atoms with Crippen LogP contribution in [0.5, 0.6) is 0 Å². The molecule has 28 heavy (non-hydrogen) atoms. The lowest BCUT2D eigenvalue weighted by atomic mass is 10.1. The Morgan fingerprint density at radius 2 is 1.86 bits per heavy atom. The first kappa shape index (κ1) is 20.0. The van der Waals surface area contributed by atoms with Crippen LogP contribution in [0.25, 0.3) is 10.2 Å². The maximum atomic E-state index is 12.1. The molecule has 0 aliphatic rings. The van der Waals surface area contributed by atoms with Gasteiger partial charge >= 0.3 is 0 Å². The summed E-state index contributed by atoms with van der Waals surface area (Å²) >= 11 is 1.51. The summed E-state index contributed by atoms with van der Waals surface area (Å²) < 4.78 is 1.10. The molecular weight excluding hydrogens is 370 g/mol. The van der Waals surface area contributed by atoms with Crippen molar-refractivity contribution in [2.24, 2.45) is 0 Å². The summed E-state index contributed by atoms with van der Waals surface area (Å²) in [5.41, 5.74) is 2.86. The number of nitrogens with zero attached hydrogens (tertiary/aromatic N) is 1. The zero-order chi connectivity index (χ0) is 19.8. The van der Waals surface area contributed by atoms with E-state index in [-0.39, 0.29) is 11.8 Å². The lowest BCUT2D eigenvalue weighted by Gasteiger charge is -2.05. The smallest absolute Gasteiger partial charge is 0.251 e. The van der Waals surface area contributed by atoms with Crippen molar-refractivity contribution in [3.05, 3.63) is 59.7 Å². The summed E-state index contributed by atoms with van der Waals surface area (Å²) in [4.78, 5) is 28.5. The van der Waals surface area contributed by atoms with E-state index in [2.05, 4.69) is 34.7 Å². The number of aromatic nitrogens is 1. The Bertz CT molecular complexity index is 937. The van der Waals surface area contributed by atoms with E-state index < -0.39 is 0 Å². The number of fused-ring (bicyclic) bond motifs is 1. The van der Waals surface area contributed by atoms with Crippen molar-refractivity contribution >= 4 is 38.5 Å². The minimum Gasteiger partial charge on any atom is -0.352 e. The molecular formula is C22H25N3O2S. The molecule has 0 aliphatic carbocycles. The van der Waals surface area contributed by atoms with Crippen LogP contribution in [-0.4, -0.2) is 23.3 Å².